The van der Waals surface area contributed by atoms with E-state index in [9.17, 15) is 4.79 Å². The third-order valence-corrected chi connectivity index (χ3v) is 4.00. The van der Waals surface area contributed by atoms with Gasteiger partial charge in [0.25, 0.3) is 0 Å². The van der Waals surface area contributed by atoms with E-state index in [1.54, 1.807) is 0 Å². The molecule has 1 aliphatic heterocycles. The molecule has 2 fully saturated rings. The summed E-state index contributed by atoms with van der Waals surface area (Å²) in [7, 11) is 0. The van der Waals surface area contributed by atoms with Crippen LogP contribution in [-0.4, -0.2) is 11.6 Å². The van der Waals surface area contributed by atoms with Crippen LogP contribution in [0.15, 0.2) is 0 Å². The fourth-order valence-electron chi connectivity index (χ4n) is 2.38. The Kier molecular flexibility index (Phi) is 1.73. The number of esters is 1. The van der Waals surface area contributed by atoms with E-state index in [-0.39, 0.29) is 17.0 Å². The second-order valence-corrected chi connectivity index (χ2v) is 5.18. The van der Waals surface area contributed by atoms with E-state index in [2.05, 4.69) is 13.8 Å². The van der Waals surface area contributed by atoms with Crippen molar-refractivity contribution in [2.45, 2.75) is 52.1 Å². The number of rotatable bonds is 1. The second kappa shape index (κ2) is 2.49. The predicted molar refractivity (Wildman–Crippen MR) is 50.2 cm³/mol. The van der Waals surface area contributed by atoms with Crippen LogP contribution in [0.3, 0.4) is 0 Å². The van der Waals surface area contributed by atoms with Gasteiger partial charge in [-0.1, -0.05) is 13.8 Å². The van der Waals surface area contributed by atoms with E-state index in [0.717, 1.165) is 19.3 Å². The lowest BCUT2D eigenvalue weighted by molar-refractivity contribution is -0.159. The Hall–Kier alpha value is -0.530. The Morgan fingerprint density at radius 3 is 2.23 bits per heavy atom. The summed E-state index contributed by atoms with van der Waals surface area (Å²) in [5.41, 5.74) is -0.267. The zero-order valence-electron chi connectivity index (χ0n) is 8.72. The molecule has 0 bridgehead atoms. The summed E-state index contributed by atoms with van der Waals surface area (Å²) in [6.45, 7) is 6.27. The molecular weight excluding hydrogens is 164 g/mol. The summed E-state index contributed by atoms with van der Waals surface area (Å²) in [4.78, 5) is 11.7. The second-order valence-electron chi connectivity index (χ2n) is 5.18. The number of ether oxygens (including phenoxy) is 1. The molecule has 2 heteroatoms. The molecule has 0 radical (unpaired) electrons. The van der Waals surface area contributed by atoms with E-state index < -0.39 is 0 Å². The van der Waals surface area contributed by atoms with Crippen LogP contribution in [0.1, 0.15) is 46.5 Å². The third kappa shape index (κ3) is 1.11. The molecule has 1 saturated carbocycles. The molecule has 2 rings (SSSR count). The molecule has 1 atom stereocenters. The van der Waals surface area contributed by atoms with Crippen LogP contribution in [0.5, 0.6) is 0 Å². The number of hydrogen-bond acceptors (Lipinski definition) is 2. The molecule has 1 spiro atoms. The van der Waals surface area contributed by atoms with Crippen molar-refractivity contribution in [3.63, 3.8) is 0 Å². The van der Waals surface area contributed by atoms with Crippen molar-refractivity contribution in [2.75, 3.05) is 0 Å². The predicted octanol–water partition coefficient (Wildman–Crippen LogP) is 2.52. The number of carbonyl (C=O) groups excluding carboxylic acids is 1. The SMILES string of the molecule is CC(C)[C@@]1(C)CC2(CCC2)OC1=O. The van der Waals surface area contributed by atoms with Crippen molar-refractivity contribution in [2.24, 2.45) is 11.3 Å². The summed E-state index contributed by atoms with van der Waals surface area (Å²) in [5, 5.41) is 0. The van der Waals surface area contributed by atoms with Gasteiger partial charge in [-0.15, -0.1) is 0 Å². The first-order valence-electron chi connectivity index (χ1n) is 5.22. The maximum absolute atomic E-state index is 11.7. The molecule has 1 heterocycles. The van der Waals surface area contributed by atoms with Gasteiger partial charge in [0.05, 0.1) is 5.41 Å². The zero-order valence-corrected chi connectivity index (χ0v) is 8.72. The van der Waals surface area contributed by atoms with Crippen molar-refractivity contribution < 1.29 is 9.53 Å². The van der Waals surface area contributed by atoms with Crippen LogP contribution < -0.4 is 0 Å². The quantitative estimate of drug-likeness (QED) is 0.582. The topological polar surface area (TPSA) is 26.3 Å². The molecule has 0 aromatic carbocycles. The van der Waals surface area contributed by atoms with Gasteiger partial charge < -0.3 is 4.74 Å². The molecule has 74 valence electrons. The zero-order chi connectivity index (χ0) is 9.69. The molecule has 0 unspecified atom stereocenters. The normalized spacial score (nSPS) is 36.5. The van der Waals surface area contributed by atoms with Crippen LogP contribution >= 0.6 is 0 Å². The van der Waals surface area contributed by atoms with E-state index in [4.69, 9.17) is 4.74 Å². The first kappa shape index (κ1) is 9.04. The average molecular weight is 182 g/mol. The Balaban J connectivity index is 2.20. The van der Waals surface area contributed by atoms with Gasteiger partial charge in [0.2, 0.25) is 0 Å². The van der Waals surface area contributed by atoms with Gasteiger partial charge >= 0.3 is 5.97 Å². The lowest BCUT2D eigenvalue weighted by atomic mass is 9.68. The lowest BCUT2D eigenvalue weighted by Crippen LogP contribution is -2.37. The molecule has 1 saturated heterocycles. The van der Waals surface area contributed by atoms with Gasteiger partial charge in [-0.3, -0.25) is 4.79 Å². The van der Waals surface area contributed by atoms with Gasteiger partial charge in [0.15, 0.2) is 0 Å². The van der Waals surface area contributed by atoms with E-state index in [1.165, 1.54) is 6.42 Å². The molecule has 0 aromatic heterocycles. The molecule has 0 N–H and O–H groups in total. The van der Waals surface area contributed by atoms with Crippen molar-refractivity contribution in [3.05, 3.63) is 0 Å². The minimum Gasteiger partial charge on any atom is -0.459 e. The van der Waals surface area contributed by atoms with Crippen LogP contribution in [0.2, 0.25) is 0 Å². The maximum Gasteiger partial charge on any atom is 0.312 e. The Morgan fingerprint density at radius 2 is 2.00 bits per heavy atom. The van der Waals surface area contributed by atoms with Crippen molar-refractivity contribution >= 4 is 5.97 Å². The van der Waals surface area contributed by atoms with E-state index in [1.807, 2.05) is 6.92 Å². The maximum atomic E-state index is 11.7. The van der Waals surface area contributed by atoms with Gasteiger partial charge in [0.1, 0.15) is 5.60 Å². The third-order valence-electron chi connectivity index (χ3n) is 4.00. The molecule has 0 aromatic rings. The molecule has 13 heavy (non-hydrogen) atoms. The van der Waals surface area contributed by atoms with Crippen molar-refractivity contribution in [1.82, 2.24) is 0 Å². The first-order chi connectivity index (χ1) is 5.99. The Morgan fingerprint density at radius 1 is 1.38 bits per heavy atom. The highest BCUT2D eigenvalue weighted by molar-refractivity contribution is 5.79. The molecule has 2 nitrogen and oxygen atoms in total. The largest absolute Gasteiger partial charge is 0.459 e. The van der Waals surface area contributed by atoms with Crippen molar-refractivity contribution in [3.8, 4) is 0 Å². The highest BCUT2D eigenvalue weighted by atomic mass is 16.6. The summed E-state index contributed by atoms with van der Waals surface area (Å²) < 4.78 is 5.52. The van der Waals surface area contributed by atoms with Crippen LogP contribution in [0, 0.1) is 11.3 Å². The number of hydrogen-bond donors (Lipinski definition) is 0. The fourth-order valence-corrected chi connectivity index (χ4v) is 2.38. The minimum atomic E-state index is -0.222. The Labute approximate surface area is 79.7 Å². The van der Waals surface area contributed by atoms with Gasteiger partial charge in [-0.2, -0.15) is 0 Å². The van der Waals surface area contributed by atoms with Crippen LogP contribution in [0.4, 0.5) is 0 Å². The lowest BCUT2D eigenvalue weighted by Gasteiger charge is -2.37. The molecule has 1 aliphatic carbocycles. The summed E-state index contributed by atoms with van der Waals surface area (Å²) in [6, 6.07) is 0. The van der Waals surface area contributed by atoms with Crippen molar-refractivity contribution in [1.29, 1.82) is 0 Å². The van der Waals surface area contributed by atoms with Gasteiger partial charge in [-0.25, -0.2) is 0 Å². The van der Waals surface area contributed by atoms with Gasteiger partial charge in [-0.05, 0) is 32.1 Å². The highest BCUT2D eigenvalue weighted by Gasteiger charge is 2.57. The fraction of sp³-hybridized carbons (Fsp3) is 0.909. The summed E-state index contributed by atoms with van der Waals surface area (Å²) in [6.07, 6.45) is 4.33. The summed E-state index contributed by atoms with van der Waals surface area (Å²) >= 11 is 0. The average Bonchev–Trinajstić information content (AvgIpc) is 2.25. The molecular formula is C11H18O2. The molecule has 2 aliphatic rings. The first-order valence-corrected chi connectivity index (χ1v) is 5.22. The molecule has 0 amide bonds. The van der Waals surface area contributed by atoms with Crippen LogP contribution in [-0.2, 0) is 9.53 Å². The standard InChI is InChI=1S/C11H18O2/c1-8(2)10(3)7-11(5-4-6-11)13-9(10)12/h8H,4-7H2,1-3H3/t10-/m1/s1. The highest BCUT2D eigenvalue weighted by Crippen LogP contribution is 2.53. The number of carbonyl (C=O) groups is 1. The summed E-state index contributed by atoms with van der Waals surface area (Å²) in [5.74, 6) is 0.419. The minimum absolute atomic E-state index is 0.0298. The smallest absolute Gasteiger partial charge is 0.312 e. The van der Waals surface area contributed by atoms with Crippen LogP contribution in [0.25, 0.3) is 0 Å². The Bertz CT molecular complexity index is 240. The monoisotopic (exact) mass is 182 g/mol. The van der Waals surface area contributed by atoms with E-state index in [0.29, 0.717) is 5.92 Å². The van der Waals surface area contributed by atoms with Gasteiger partial charge in [0, 0.05) is 6.42 Å². The van der Waals surface area contributed by atoms with E-state index >= 15 is 0 Å².